The largest absolute Gasteiger partial charge is 0.303 e. The van der Waals surface area contributed by atoms with Crippen molar-refractivity contribution in [2.24, 2.45) is 22.7 Å². The molecular weight excluding hydrogens is 100 g/mol. The zero-order valence-electron chi connectivity index (χ0n) is 4.85. The van der Waals surface area contributed by atoms with Crippen LogP contribution in [0.25, 0.3) is 0 Å². The molecule has 42 valence electrons. The maximum Gasteiger partial charge on any atom is 0.127 e. The molecule has 0 aliphatic heterocycles. The van der Waals surface area contributed by atoms with Gasteiger partial charge in [-0.05, 0) is 23.7 Å². The lowest BCUT2D eigenvalue weighted by Crippen LogP contribution is -1.78. The summed E-state index contributed by atoms with van der Waals surface area (Å²) in [6.45, 7) is 2.20. The number of aldehydes is 1. The van der Waals surface area contributed by atoms with Crippen molar-refractivity contribution in [2.45, 2.75) is 13.3 Å². The van der Waals surface area contributed by atoms with Crippen LogP contribution in [0.2, 0.25) is 0 Å². The van der Waals surface area contributed by atoms with E-state index < -0.39 is 0 Å². The standard InChI is InChI=1S/C7H8O/c1-2-6-4-5(6)7(4,6)3-8/h3-5H,2H2,1H3. The van der Waals surface area contributed by atoms with E-state index in [4.69, 9.17) is 0 Å². The summed E-state index contributed by atoms with van der Waals surface area (Å²) in [5, 5.41) is 0. The van der Waals surface area contributed by atoms with Crippen LogP contribution in [-0.2, 0) is 4.79 Å². The van der Waals surface area contributed by atoms with Crippen molar-refractivity contribution in [2.75, 3.05) is 0 Å². The highest BCUT2D eigenvalue weighted by atomic mass is 16.1. The summed E-state index contributed by atoms with van der Waals surface area (Å²) in [4.78, 5) is 10.3. The zero-order valence-corrected chi connectivity index (χ0v) is 4.85. The lowest BCUT2D eigenvalue weighted by molar-refractivity contribution is -0.109. The molecule has 4 fully saturated rings. The molecule has 2 atom stereocenters. The van der Waals surface area contributed by atoms with Gasteiger partial charge in [-0.2, -0.15) is 0 Å². The van der Waals surface area contributed by atoms with E-state index in [0.29, 0.717) is 10.8 Å². The topological polar surface area (TPSA) is 17.1 Å². The predicted octanol–water partition coefficient (Wildman–Crippen LogP) is 0.841. The van der Waals surface area contributed by atoms with Gasteiger partial charge in [-0.1, -0.05) is 6.92 Å². The van der Waals surface area contributed by atoms with Crippen LogP contribution in [0.15, 0.2) is 0 Å². The van der Waals surface area contributed by atoms with Crippen molar-refractivity contribution < 1.29 is 4.79 Å². The first-order valence-corrected chi connectivity index (χ1v) is 3.32. The molecule has 0 aromatic rings. The van der Waals surface area contributed by atoms with Gasteiger partial charge >= 0.3 is 0 Å². The third kappa shape index (κ3) is 0.103. The molecule has 4 saturated carbocycles. The fraction of sp³-hybridized carbons (Fsp3) is 0.857. The third-order valence-electron chi connectivity index (χ3n) is 3.67. The highest BCUT2D eigenvalue weighted by Gasteiger charge is 3.18. The van der Waals surface area contributed by atoms with Gasteiger partial charge in [0.05, 0.1) is 0 Å². The zero-order chi connectivity index (χ0) is 5.57. The van der Waals surface area contributed by atoms with Crippen molar-refractivity contribution in [1.82, 2.24) is 0 Å². The summed E-state index contributed by atoms with van der Waals surface area (Å²) >= 11 is 0. The molecular formula is C7H8O. The van der Waals surface area contributed by atoms with Crippen molar-refractivity contribution in [3.8, 4) is 0 Å². The van der Waals surface area contributed by atoms with Gasteiger partial charge < -0.3 is 4.79 Å². The van der Waals surface area contributed by atoms with E-state index in [1.54, 1.807) is 0 Å². The third-order valence-corrected chi connectivity index (χ3v) is 3.67. The SMILES string of the molecule is CCC12C3C1C32C=O. The van der Waals surface area contributed by atoms with Crippen LogP contribution >= 0.6 is 0 Å². The van der Waals surface area contributed by atoms with Crippen molar-refractivity contribution in [1.29, 1.82) is 0 Å². The summed E-state index contributed by atoms with van der Waals surface area (Å²) in [6.07, 6.45) is 2.45. The molecule has 0 aromatic carbocycles. The number of carbonyl (C=O) groups excluding carboxylic acids is 1. The number of rotatable bonds is 2. The van der Waals surface area contributed by atoms with Gasteiger partial charge in [-0.25, -0.2) is 0 Å². The van der Waals surface area contributed by atoms with Crippen LogP contribution in [-0.4, -0.2) is 6.29 Å². The van der Waals surface area contributed by atoms with Crippen molar-refractivity contribution in [3.05, 3.63) is 0 Å². The fourth-order valence-corrected chi connectivity index (χ4v) is 2.84. The van der Waals surface area contributed by atoms with Crippen molar-refractivity contribution in [3.63, 3.8) is 0 Å². The molecule has 0 bridgehead atoms. The van der Waals surface area contributed by atoms with E-state index in [-0.39, 0.29) is 0 Å². The summed E-state index contributed by atoms with van der Waals surface area (Å²) in [5.41, 5.74) is 0.927. The predicted molar refractivity (Wildman–Crippen MR) is 28.2 cm³/mol. The molecule has 2 unspecified atom stereocenters. The van der Waals surface area contributed by atoms with Gasteiger partial charge in [0.2, 0.25) is 0 Å². The molecule has 0 N–H and O–H groups in total. The molecule has 0 saturated heterocycles. The van der Waals surface area contributed by atoms with Gasteiger partial charge in [0.15, 0.2) is 0 Å². The molecule has 8 heavy (non-hydrogen) atoms. The molecule has 4 aliphatic rings. The molecule has 0 heterocycles. The Morgan fingerprint density at radius 2 is 2.25 bits per heavy atom. The second kappa shape index (κ2) is 0.554. The Morgan fingerprint density at radius 1 is 1.62 bits per heavy atom. The first-order chi connectivity index (χ1) is 3.86. The van der Waals surface area contributed by atoms with E-state index in [9.17, 15) is 4.79 Å². The normalized spacial score (nSPS) is 78.1. The summed E-state index contributed by atoms with van der Waals surface area (Å²) in [5.74, 6) is 1.77. The van der Waals surface area contributed by atoms with Crippen molar-refractivity contribution >= 4 is 6.29 Å². The molecule has 0 aromatic heterocycles. The Kier molecular flexibility index (Phi) is 0.253. The van der Waals surface area contributed by atoms with E-state index in [1.807, 2.05) is 0 Å². The number of hydrogen-bond acceptors (Lipinski definition) is 1. The molecule has 4 aliphatic carbocycles. The van der Waals surface area contributed by atoms with Crippen LogP contribution in [0.1, 0.15) is 13.3 Å². The van der Waals surface area contributed by atoms with Gasteiger partial charge in [-0.15, -0.1) is 0 Å². The highest BCUT2D eigenvalue weighted by Crippen LogP contribution is 3.18. The summed E-state index contributed by atoms with van der Waals surface area (Å²) in [6, 6.07) is 0. The molecule has 1 nitrogen and oxygen atoms in total. The van der Waals surface area contributed by atoms with E-state index in [1.165, 1.54) is 12.7 Å². The summed E-state index contributed by atoms with van der Waals surface area (Å²) < 4.78 is 0. The first-order valence-electron chi connectivity index (χ1n) is 3.32. The number of carbonyl (C=O) groups is 1. The number of hydrogen-bond donors (Lipinski definition) is 0. The molecule has 0 radical (unpaired) electrons. The van der Waals surface area contributed by atoms with Crippen LogP contribution in [0.4, 0.5) is 0 Å². The van der Waals surface area contributed by atoms with Crippen LogP contribution in [0, 0.1) is 22.7 Å². The minimum absolute atomic E-state index is 0.307. The second-order valence-corrected chi connectivity index (χ2v) is 3.40. The van der Waals surface area contributed by atoms with Crippen LogP contribution in [0.5, 0.6) is 0 Å². The Labute approximate surface area is 48.1 Å². The Morgan fingerprint density at radius 3 is 2.38 bits per heavy atom. The fourth-order valence-electron chi connectivity index (χ4n) is 2.84. The molecule has 1 heteroatoms. The second-order valence-electron chi connectivity index (χ2n) is 3.40. The Hall–Kier alpha value is -0.330. The molecule has 4 rings (SSSR count). The van der Waals surface area contributed by atoms with Gasteiger partial charge in [-0.3, -0.25) is 0 Å². The van der Waals surface area contributed by atoms with Gasteiger partial charge in [0.1, 0.15) is 6.29 Å². The maximum atomic E-state index is 10.3. The maximum absolute atomic E-state index is 10.3. The lowest BCUT2D eigenvalue weighted by Gasteiger charge is -1.78. The average Bonchev–Trinajstić information content (AvgIpc) is 2.67. The Balaban J connectivity index is 2.02. The minimum atomic E-state index is 0.307. The highest BCUT2D eigenvalue weighted by molar-refractivity contribution is 5.90. The molecule has 0 amide bonds. The molecule has 0 spiro atoms. The van der Waals surface area contributed by atoms with Gasteiger partial charge in [0.25, 0.3) is 0 Å². The van der Waals surface area contributed by atoms with Gasteiger partial charge in [0, 0.05) is 5.41 Å². The minimum Gasteiger partial charge on any atom is -0.303 e. The van der Waals surface area contributed by atoms with E-state index in [0.717, 1.165) is 11.8 Å². The quantitative estimate of drug-likeness (QED) is 0.479. The Bertz CT molecular complexity index is 185. The average molecular weight is 108 g/mol. The van der Waals surface area contributed by atoms with Crippen LogP contribution in [0.3, 0.4) is 0 Å². The smallest absolute Gasteiger partial charge is 0.127 e. The van der Waals surface area contributed by atoms with Crippen LogP contribution < -0.4 is 0 Å². The first kappa shape index (κ1) is 3.65. The van der Waals surface area contributed by atoms with E-state index in [2.05, 4.69) is 6.92 Å². The van der Waals surface area contributed by atoms with E-state index >= 15 is 0 Å². The monoisotopic (exact) mass is 108 g/mol. The summed E-state index contributed by atoms with van der Waals surface area (Å²) in [7, 11) is 0. The lowest BCUT2D eigenvalue weighted by atomic mass is 10.3.